The first-order valence-electron chi connectivity index (χ1n) is 5.12. The van der Waals surface area contributed by atoms with Gasteiger partial charge in [-0.15, -0.1) is 0 Å². The van der Waals surface area contributed by atoms with Crippen molar-refractivity contribution in [2.45, 2.75) is 6.92 Å². The number of ether oxygens (including phenoxy) is 1. The molecule has 2 rings (SSSR count). The van der Waals surface area contributed by atoms with Gasteiger partial charge in [-0.1, -0.05) is 12.1 Å². The lowest BCUT2D eigenvalue weighted by Crippen LogP contribution is -2.16. The maximum atomic E-state index is 13.4. The van der Waals surface area contributed by atoms with Crippen LogP contribution in [0.15, 0.2) is 29.1 Å². The number of halogens is 1. The smallest absolute Gasteiger partial charge is 0.354 e. The summed E-state index contributed by atoms with van der Waals surface area (Å²) in [4.78, 5) is 25.4. The molecule has 5 heteroatoms. The van der Waals surface area contributed by atoms with Crippen LogP contribution < -0.4 is 5.56 Å². The molecule has 0 aliphatic heterocycles. The molecule has 1 aromatic carbocycles. The summed E-state index contributed by atoms with van der Waals surface area (Å²) in [5, 5.41) is 0.317. The van der Waals surface area contributed by atoms with E-state index in [-0.39, 0.29) is 17.7 Å². The van der Waals surface area contributed by atoms with Gasteiger partial charge in [-0.3, -0.25) is 4.79 Å². The summed E-state index contributed by atoms with van der Waals surface area (Å²) in [5.74, 6) is -1.24. The van der Waals surface area contributed by atoms with Crippen molar-refractivity contribution in [3.8, 4) is 0 Å². The molecule has 2 aromatic rings. The fourth-order valence-electron chi connectivity index (χ4n) is 1.60. The summed E-state index contributed by atoms with van der Waals surface area (Å²) in [7, 11) is 0. The lowest BCUT2D eigenvalue weighted by atomic mass is 10.1. The number of aromatic nitrogens is 1. The van der Waals surface area contributed by atoms with E-state index in [1.54, 1.807) is 13.0 Å². The molecule has 0 aliphatic carbocycles. The highest BCUT2D eigenvalue weighted by Gasteiger charge is 2.12. The average Bonchev–Trinajstić information content (AvgIpc) is 2.29. The van der Waals surface area contributed by atoms with E-state index >= 15 is 0 Å². The van der Waals surface area contributed by atoms with Gasteiger partial charge in [0.15, 0.2) is 0 Å². The minimum Gasteiger partial charge on any atom is -0.461 e. The molecule has 1 N–H and O–H groups in total. The quantitative estimate of drug-likeness (QED) is 0.808. The van der Waals surface area contributed by atoms with Gasteiger partial charge in [-0.05, 0) is 24.4 Å². The molecule has 17 heavy (non-hydrogen) atoms. The van der Waals surface area contributed by atoms with E-state index in [0.29, 0.717) is 5.39 Å². The molecule has 0 spiro atoms. The summed E-state index contributed by atoms with van der Waals surface area (Å²) in [6.07, 6.45) is 0. The fraction of sp³-hybridized carbons (Fsp3) is 0.167. The zero-order valence-corrected chi connectivity index (χ0v) is 9.12. The summed E-state index contributed by atoms with van der Waals surface area (Å²) >= 11 is 0. The Kier molecular flexibility index (Phi) is 2.91. The SMILES string of the molecule is CCOC(=O)c1cc2cccc(F)c2c(=O)[nH]1. The van der Waals surface area contributed by atoms with Crippen LogP contribution in [0, 0.1) is 5.82 Å². The molecule has 0 saturated carbocycles. The van der Waals surface area contributed by atoms with Crippen LogP contribution >= 0.6 is 0 Å². The van der Waals surface area contributed by atoms with Crippen LogP contribution in [0.5, 0.6) is 0 Å². The van der Waals surface area contributed by atoms with Gasteiger partial charge < -0.3 is 9.72 Å². The Morgan fingerprint density at radius 1 is 1.47 bits per heavy atom. The zero-order valence-electron chi connectivity index (χ0n) is 9.12. The van der Waals surface area contributed by atoms with Crippen molar-refractivity contribution in [1.82, 2.24) is 4.98 Å². The number of hydrogen-bond acceptors (Lipinski definition) is 3. The van der Waals surface area contributed by atoms with Crippen molar-refractivity contribution in [3.05, 3.63) is 46.1 Å². The number of benzene rings is 1. The van der Waals surface area contributed by atoms with E-state index in [0.717, 1.165) is 0 Å². The summed E-state index contributed by atoms with van der Waals surface area (Å²) in [5.41, 5.74) is -0.612. The minimum absolute atomic E-state index is 0.0231. The van der Waals surface area contributed by atoms with Crippen LogP contribution in [0.3, 0.4) is 0 Å². The van der Waals surface area contributed by atoms with Gasteiger partial charge >= 0.3 is 5.97 Å². The van der Waals surface area contributed by atoms with Crippen LogP contribution in [0.4, 0.5) is 4.39 Å². The van der Waals surface area contributed by atoms with Crippen molar-refractivity contribution in [3.63, 3.8) is 0 Å². The number of nitrogens with one attached hydrogen (secondary N) is 1. The number of hydrogen-bond donors (Lipinski definition) is 1. The molecule has 0 amide bonds. The van der Waals surface area contributed by atoms with E-state index in [1.165, 1.54) is 18.2 Å². The van der Waals surface area contributed by atoms with E-state index in [9.17, 15) is 14.0 Å². The molecule has 0 radical (unpaired) electrons. The molecule has 1 heterocycles. The Bertz CT molecular complexity index is 633. The Morgan fingerprint density at radius 2 is 2.24 bits per heavy atom. The lowest BCUT2D eigenvalue weighted by molar-refractivity contribution is 0.0519. The summed E-state index contributed by atoms with van der Waals surface area (Å²) in [6, 6.07) is 5.64. The molecule has 0 aliphatic rings. The van der Waals surface area contributed by atoms with Gasteiger partial charge in [-0.25, -0.2) is 9.18 Å². The Balaban J connectivity index is 2.65. The molecule has 0 bridgehead atoms. The van der Waals surface area contributed by atoms with Gasteiger partial charge in [0.1, 0.15) is 11.5 Å². The predicted octanol–water partition coefficient (Wildman–Crippen LogP) is 1.84. The van der Waals surface area contributed by atoms with E-state index in [2.05, 4.69) is 4.98 Å². The minimum atomic E-state index is -0.636. The van der Waals surface area contributed by atoms with Gasteiger partial charge in [-0.2, -0.15) is 0 Å². The number of H-pyrrole nitrogens is 1. The molecule has 4 nitrogen and oxygen atoms in total. The second-order valence-corrected chi connectivity index (χ2v) is 3.44. The Labute approximate surface area is 96.0 Å². The molecule has 1 aromatic heterocycles. The average molecular weight is 235 g/mol. The van der Waals surface area contributed by atoms with Crippen molar-refractivity contribution >= 4 is 16.7 Å². The normalized spacial score (nSPS) is 10.5. The standard InChI is InChI=1S/C12H10FNO3/c1-2-17-12(16)9-6-7-4-3-5-8(13)10(7)11(15)14-9/h3-6H,2H2,1H3,(H,14,15). The number of carbonyl (C=O) groups excluding carboxylic acids is 1. The first-order chi connectivity index (χ1) is 8.13. The topological polar surface area (TPSA) is 59.2 Å². The molecular formula is C12H10FNO3. The molecule has 88 valence electrons. The molecule has 0 fully saturated rings. The summed E-state index contributed by atoms with van der Waals surface area (Å²) < 4.78 is 18.2. The van der Waals surface area contributed by atoms with Gasteiger partial charge in [0, 0.05) is 0 Å². The number of fused-ring (bicyclic) bond motifs is 1. The number of carbonyl (C=O) groups is 1. The van der Waals surface area contributed by atoms with Crippen LogP contribution in [-0.2, 0) is 4.74 Å². The molecular weight excluding hydrogens is 225 g/mol. The van der Waals surface area contributed by atoms with Crippen LogP contribution in [0.1, 0.15) is 17.4 Å². The maximum absolute atomic E-state index is 13.4. The summed E-state index contributed by atoms with van der Waals surface area (Å²) in [6.45, 7) is 1.87. The molecule has 0 atom stereocenters. The third-order valence-corrected chi connectivity index (χ3v) is 2.32. The monoisotopic (exact) mass is 235 g/mol. The van der Waals surface area contributed by atoms with Crippen LogP contribution in [0.25, 0.3) is 10.8 Å². The van der Waals surface area contributed by atoms with Crippen LogP contribution in [0.2, 0.25) is 0 Å². The fourth-order valence-corrected chi connectivity index (χ4v) is 1.60. The number of rotatable bonds is 2. The Hall–Kier alpha value is -2.17. The lowest BCUT2D eigenvalue weighted by Gasteiger charge is -2.03. The number of esters is 1. The van der Waals surface area contributed by atoms with Crippen LogP contribution in [-0.4, -0.2) is 17.6 Å². The van der Waals surface area contributed by atoms with Crippen molar-refractivity contribution in [1.29, 1.82) is 0 Å². The Morgan fingerprint density at radius 3 is 2.94 bits per heavy atom. The van der Waals surface area contributed by atoms with Gasteiger partial charge in [0.05, 0.1) is 12.0 Å². The largest absolute Gasteiger partial charge is 0.461 e. The first kappa shape index (κ1) is 11.3. The van der Waals surface area contributed by atoms with Gasteiger partial charge in [0.25, 0.3) is 5.56 Å². The van der Waals surface area contributed by atoms with Crippen molar-refractivity contribution in [2.24, 2.45) is 0 Å². The van der Waals surface area contributed by atoms with E-state index in [1.807, 2.05) is 0 Å². The van der Waals surface area contributed by atoms with Crippen molar-refractivity contribution in [2.75, 3.05) is 6.61 Å². The third-order valence-electron chi connectivity index (χ3n) is 2.32. The third kappa shape index (κ3) is 2.04. The van der Waals surface area contributed by atoms with Gasteiger partial charge in [0.2, 0.25) is 0 Å². The number of pyridine rings is 1. The second kappa shape index (κ2) is 4.37. The highest BCUT2D eigenvalue weighted by Crippen LogP contribution is 2.14. The highest BCUT2D eigenvalue weighted by atomic mass is 19.1. The molecule has 0 unspecified atom stereocenters. The maximum Gasteiger partial charge on any atom is 0.354 e. The predicted molar refractivity (Wildman–Crippen MR) is 60.5 cm³/mol. The second-order valence-electron chi connectivity index (χ2n) is 3.44. The van der Waals surface area contributed by atoms with Crippen molar-refractivity contribution < 1.29 is 13.9 Å². The zero-order chi connectivity index (χ0) is 12.4. The van der Waals surface area contributed by atoms with E-state index in [4.69, 9.17) is 4.74 Å². The first-order valence-corrected chi connectivity index (χ1v) is 5.12. The number of aromatic amines is 1. The molecule has 0 saturated heterocycles. The van der Waals surface area contributed by atoms with E-state index < -0.39 is 17.3 Å². The highest BCUT2D eigenvalue weighted by molar-refractivity contribution is 5.93.